The standard InChI is InChI=1S/C18H40N4O/c1-6-10-15-23-16-13-20-18(19-7-2)21-17(5)12-11-14-22(8-3)9-4/h17H,6-16H2,1-5H3,(H2,19,20,21). The molecule has 138 valence electrons. The second-order valence-corrected chi connectivity index (χ2v) is 5.94. The first kappa shape index (κ1) is 22.2. The summed E-state index contributed by atoms with van der Waals surface area (Å²) in [6.07, 6.45) is 4.69. The lowest BCUT2D eigenvalue weighted by Crippen LogP contribution is -2.42. The lowest BCUT2D eigenvalue weighted by molar-refractivity contribution is 0.138. The maximum atomic E-state index is 5.56. The fraction of sp³-hybridized carbons (Fsp3) is 0.944. The van der Waals surface area contributed by atoms with Gasteiger partial charge in [0.15, 0.2) is 5.96 Å². The van der Waals surface area contributed by atoms with Crippen molar-refractivity contribution >= 4 is 5.96 Å². The first-order valence-corrected chi connectivity index (χ1v) is 9.52. The molecular weight excluding hydrogens is 288 g/mol. The second-order valence-electron chi connectivity index (χ2n) is 5.94. The van der Waals surface area contributed by atoms with Gasteiger partial charge in [-0.15, -0.1) is 0 Å². The third-order valence-electron chi connectivity index (χ3n) is 3.88. The number of unbranched alkanes of at least 4 members (excludes halogenated alkanes) is 1. The highest BCUT2D eigenvalue weighted by molar-refractivity contribution is 5.80. The molecule has 5 heteroatoms. The molecule has 0 saturated carbocycles. The summed E-state index contributed by atoms with van der Waals surface area (Å²) in [6.45, 7) is 17.6. The van der Waals surface area contributed by atoms with Crippen LogP contribution in [0.3, 0.4) is 0 Å². The van der Waals surface area contributed by atoms with E-state index >= 15 is 0 Å². The molecule has 1 unspecified atom stereocenters. The molecule has 0 aliphatic heterocycles. The topological polar surface area (TPSA) is 48.9 Å². The van der Waals surface area contributed by atoms with Crippen molar-refractivity contribution in [3.63, 3.8) is 0 Å². The molecule has 1 atom stereocenters. The number of aliphatic imine (C=N–C) groups is 1. The summed E-state index contributed by atoms with van der Waals surface area (Å²) < 4.78 is 5.56. The van der Waals surface area contributed by atoms with Crippen LogP contribution in [0.1, 0.15) is 60.3 Å². The Morgan fingerprint density at radius 1 is 1.09 bits per heavy atom. The van der Waals surface area contributed by atoms with Gasteiger partial charge in [-0.05, 0) is 52.7 Å². The average molecular weight is 329 g/mol. The van der Waals surface area contributed by atoms with Gasteiger partial charge in [0.25, 0.3) is 0 Å². The van der Waals surface area contributed by atoms with Gasteiger partial charge in [0, 0.05) is 19.2 Å². The lowest BCUT2D eigenvalue weighted by atomic mass is 10.2. The summed E-state index contributed by atoms with van der Waals surface area (Å²) in [7, 11) is 0. The monoisotopic (exact) mass is 328 g/mol. The molecule has 0 amide bonds. The molecule has 0 bridgehead atoms. The van der Waals surface area contributed by atoms with E-state index in [2.05, 4.69) is 55.1 Å². The third-order valence-corrected chi connectivity index (χ3v) is 3.88. The number of nitrogens with zero attached hydrogens (tertiary/aromatic N) is 2. The van der Waals surface area contributed by atoms with Crippen LogP contribution in [0.4, 0.5) is 0 Å². The predicted octanol–water partition coefficient (Wildman–Crippen LogP) is 2.87. The van der Waals surface area contributed by atoms with Gasteiger partial charge >= 0.3 is 0 Å². The molecule has 0 fully saturated rings. The smallest absolute Gasteiger partial charge is 0.191 e. The zero-order chi connectivity index (χ0) is 17.3. The van der Waals surface area contributed by atoms with E-state index < -0.39 is 0 Å². The number of hydrogen-bond donors (Lipinski definition) is 2. The Hall–Kier alpha value is -0.810. The van der Waals surface area contributed by atoms with Crippen LogP contribution in [0.5, 0.6) is 0 Å². The SMILES string of the molecule is CCCCOCCN=C(NCC)NC(C)CCCN(CC)CC. The van der Waals surface area contributed by atoms with Gasteiger partial charge in [-0.25, -0.2) is 0 Å². The molecular formula is C18H40N4O. The van der Waals surface area contributed by atoms with Crippen molar-refractivity contribution in [2.75, 3.05) is 45.9 Å². The largest absolute Gasteiger partial charge is 0.380 e. The minimum absolute atomic E-state index is 0.435. The molecule has 0 aliphatic carbocycles. The fourth-order valence-corrected chi connectivity index (χ4v) is 2.36. The minimum Gasteiger partial charge on any atom is -0.380 e. The minimum atomic E-state index is 0.435. The van der Waals surface area contributed by atoms with Gasteiger partial charge in [0.1, 0.15) is 0 Å². The van der Waals surface area contributed by atoms with Crippen molar-refractivity contribution in [2.24, 2.45) is 4.99 Å². The normalized spacial score (nSPS) is 13.4. The Kier molecular flexibility index (Phi) is 15.5. The van der Waals surface area contributed by atoms with Crippen LogP contribution in [0, 0.1) is 0 Å². The van der Waals surface area contributed by atoms with Gasteiger partial charge in [-0.3, -0.25) is 4.99 Å². The number of rotatable bonds is 14. The van der Waals surface area contributed by atoms with Gasteiger partial charge < -0.3 is 20.3 Å². The average Bonchev–Trinajstić information content (AvgIpc) is 2.55. The van der Waals surface area contributed by atoms with Gasteiger partial charge in [0.2, 0.25) is 0 Å². The van der Waals surface area contributed by atoms with Crippen molar-refractivity contribution in [1.82, 2.24) is 15.5 Å². The van der Waals surface area contributed by atoms with Crippen LogP contribution in [0.25, 0.3) is 0 Å². The van der Waals surface area contributed by atoms with Gasteiger partial charge in [0.05, 0.1) is 13.2 Å². The highest BCUT2D eigenvalue weighted by Gasteiger charge is 2.06. The van der Waals surface area contributed by atoms with Crippen LogP contribution in [-0.2, 0) is 4.74 Å². The summed E-state index contributed by atoms with van der Waals surface area (Å²) in [4.78, 5) is 7.06. The van der Waals surface area contributed by atoms with Crippen molar-refractivity contribution in [1.29, 1.82) is 0 Å². The van der Waals surface area contributed by atoms with Crippen molar-refractivity contribution < 1.29 is 4.74 Å². The molecule has 0 rings (SSSR count). The number of nitrogens with one attached hydrogen (secondary N) is 2. The molecule has 0 spiro atoms. The predicted molar refractivity (Wildman–Crippen MR) is 101 cm³/mol. The molecule has 0 radical (unpaired) electrons. The molecule has 0 aromatic heterocycles. The van der Waals surface area contributed by atoms with E-state index in [0.29, 0.717) is 19.2 Å². The second kappa shape index (κ2) is 16.1. The molecule has 2 N–H and O–H groups in total. The molecule has 0 heterocycles. The van der Waals surface area contributed by atoms with E-state index in [1.807, 2.05) is 0 Å². The molecule has 0 aliphatic rings. The zero-order valence-electron chi connectivity index (χ0n) is 16.2. The highest BCUT2D eigenvalue weighted by Crippen LogP contribution is 1.99. The summed E-state index contributed by atoms with van der Waals surface area (Å²) >= 11 is 0. The lowest BCUT2D eigenvalue weighted by Gasteiger charge is -2.21. The Bertz CT molecular complexity index is 280. The molecule has 23 heavy (non-hydrogen) atoms. The summed E-state index contributed by atoms with van der Waals surface area (Å²) in [5, 5.41) is 6.80. The quantitative estimate of drug-likeness (QED) is 0.292. The van der Waals surface area contributed by atoms with E-state index in [-0.39, 0.29) is 0 Å². The molecule has 0 aromatic rings. The highest BCUT2D eigenvalue weighted by atomic mass is 16.5. The Balaban J connectivity index is 3.98. The number of ether oxygens (including phenoxy) is 1. The summed E-state index contributed by atoms with van der Waals surface area (Å²) in [5.74, 6) is 0.905. The van der Waals surface area contributed by atoms with E-state index in [4.69, 9.17) is 4.74 Å². The van der Waals surface area contributed by atoms with Crippen molar-refractivity contribution in [2.45, 2.75) is 66.3 Å². The van der Waals surface area contributed by atoms with Crippen LogP contribution in [0.2, 0.25) is 0 Å². The molecule has 0 aromatic carbocycles. The Labute approximate surface area is 144 Å². The Morgan fingerprint density at radius 2 is 1.83 bits per heavy atom. The van der Waals surface area contributed by atoms with E-state index in [1.54, 1.807) is 0 Å². The van der Waals surface area contributed by atoms with Crippen LogP contribution < -0.4 is 10.6 Å². The van der Waals surface area contributed by atoms with Crippen LogP contribution >= 0.6 is 0 Å². The summed E-state index contributed by atoms with van der Waals surface area (Å²) in [5.41, 5.74) is 0. The first-order valence-electron chi connectivity index (χ1n) is 9.52. The number of guanidine groups is 1. The first-order chi connectivity index (χ1) is 11.2. The molecule has 5 nitrogen and oxygen atoms in total. The van der Waals surface area contributed by atoms with Crippen LogP contribution in [-0.4, -0.2) is 62.8 Å². The number of hydrogen-bond acceptors (Lipinski definition) is 3. The van der Waals surface area contributed by atoms with Crippen LogP contribution in [0.15, 0.2) is 4.99 Å². The molecule has 0 saturated heterocycles. The zero-order valence-corrected chi connectivity index (χ0v) is 16.2. The third kappa shape index (κ3) is 13.3. The van der Waals surface area contributed by atoms with Crippen molar-refractivity contribution in [3.8, 4) is 0 Å². The summed E-state index contributed by atoms with van der Waals surface area (Å²) in [6, 6.07) is 0.435. The van der Waals surface area contributed by atoms with E-state index in [1.165, 1.54) is 19.4 Å². The van der Waals surface area contributed by atoms with Gasteiger partial charge in [-0.2, -0.15) is 0 Å². The maximum absolute atomic E-state index is 5.56. The maximum Gasteiger partial charge on any atom is 0.191 e. The van der Waals surface area contributed by atoms with Crippen molar-refractivity contribution in [3.05, 3.63) is 0 Å². The van der Waals surface area contributed by atoms with E-state index in [0.717, 1.165) is 45.0 Å². The van der Waals surface area contributed by atoms with Gasteiger partial charge in [-0.1, -0.05) is 27.2 Å². The Morgan fingerprint density at radius 3 is 2.43 bits per heavy atom. The van der Waals surface area contributed by atoms with E-state index in [9.17, 15) is 0 Å². The fourth-order valence-electron chi connectivity index (χ4n) is 2.36.